The number of para-hydroxylation sites is 1. The van der Waals surface area contributed by atoms with Gasteiger partial charge in [0.2, 0.25) is 0 Å². The third kappa shape index (κ3) is 4.28. The lowest BCUT2D eigenvalue weighted by Gasteiger charge is -2.08. The Labute approximate surface area is 185 Å². The van der Waals surface area contributed by atoms with Gasteiger partial charge in [0.05, 0.1) is 7.11 Å². The zero-order chi connectivity index (χ0) is 21.1. The Kier molecular flexibility index (Phi) is 5.93. The van der Waals surface area contributed by atoms with Crippen molar-refractivity contribution < 1.29 is 9.53 Å². The van der Waals surface area contributed by atoms with Gasteiger partial charge in [-0.15, -0.1) is 0 Å². The number of rotatable bonds is 6. The summed E-state index contributed by atoms with van der Waals surface area (Å²) in [5, 5.41) is 2.32. The van der Waals surface area contributed by atoms with Crippen LogP contribution in [-0.2, 0) is 6.54 Å². The Morgan fingerprint density at radius 1 is 1.03 bits per heavy atom. The molecule has 150 valence electrons. The second-order valence-corrected chi connectivity index (χ2v) is 7.73. The Morgan fingerprint density at radius 3 is 2.53 bits per heavy atom. The predicted octanol–water partition coefficient (Wildman–Crippen LogP) is 6.90. The molecule has 4 rings (SSSR count). The first-order chi connectivity index (χ1) is 14.5. The van der Waals surface area contributed by atoms with Crippen LogP contribution >= 0.6 is 23.2 Å². The largest absolute Gasteiger partial charge is 0.497 e. The van der Waals surface area contributed by atoms with E-state index in [2.05, 4.69) is 10.6 Å². The van der Waals surface area contributed by atoms with E-state index in [4.69, 9.17) is 27.9 Å². The van der Waals surface area contributed by atoms with E-state index in [0.29, 0.717) is 22.2 Å². The van der Waals surface area contributed by atoms with Crippen LogP contribution in [0.25, 0.3) is 17.0 Å². The molecule has 3 aromatic carbocycles. The van der Waals surface area contributed by atoms with E-state index in [9.17, 15) is 4.79 Å². The first-order valence-electron chi connectivity index (χ1n) is 9.43. The molecule has 0 radical (unpaired) electrons. The SMILES string of the molecule is COc1ccc(C(=O)/C=C/c2cn(Cc3ccc(Cl)cc3Cl)c3ccccc23)cc1. The quantitative estimate of drug-likeness (QED) is 0.243. The molecule has 0 saturated carbocycles. The maximum atomic E-state index is 12.6. The van der Waals surface area contributed by atoms with E-state index in [1.807, 2.05) is 42.6 Å². The fraction of sp³-hybridized carbons (Fsp3) is 0.0800. The average Bonchev–Trinajstić information content (AvgIpc) is 3.11. The van der Waals surface area contributed by atoms with Crippen molar-refractivity contribution in [1.82, 2.24) is 4.57 Å². The molecule has 0 fully saturated rings. The number of methoxy groups -OCH3 is 1. The summed E-state index contributed by atoms with van der Waals surface area (Å²) in [6, 6.07) is 20.7. The highest BCUT2D eigenvalue weighted by molar-refractivity contribution is 6.35. The van der Waals surface area contributed by atoms with Gasteiger partial charge in [0.25, 0.3) is 0 Å². The molecule has 30 heavy (non-hydrogen) atoms. The fourth-order valence-corrected chi connectivity index (χ4v) is 3.86. The Hall–Kier alpha value is -3.01. The van der Waals surface area contributed by atoms with Crippen LogP contribution < -0.4 is 4.74 Å². The van der Waals surface area contributed by atoms with E-state index < -0.39 is 0 Å². The minimum Gasteiger partial charge on any atom is -0.497 e. The lowest BCUT2D eigenvalue weighted by Crippen LogP contribution is -1.98. The summed E-state index contributed by atoms with van der Waals surface area (Å²) in [5.41, 5.74) is 3.63. The summed E-state index contributed by atoms with van der Waals surface area (Å²) in [4.78, 5) is 12.6. The number of hydrogen-bond acceptors (Lipinski definition) is 2. The summed E-state index contributed by atoms with van der Waals surface area (Å²) in [7, 11) is 1.60. The standard InChI is InChI=1S/C25H19Cl2NO2/c1-30-21-11-7-17(8-12-21)25(29)13-9-18-15-28(24-5-3-2-4-22(18)24)16-19-6-10-20(26)14-23(19)27/h2-15H,16H2,1H3/b13-9+. The van der Waals surface area contributed by atoms with Crippen LogP contribution in [0.1, 0.15) is 21.5 Å². The van der Waals surface area contributed by atoms with Gasteiger partial charge >= 0.3 is 0 Å². The molecule has 4 aromatic rings. The molecule has 0 bridgehead atoms. The van der Waals surface area contributed by atoms with Crippen LogP contribution in [0.15, 0.2) is 79.0 Å². The van der Waals surface area contributed by atoms with Gasteiger partial charge in [-0.3, -0.25) is 4.79 Å². The predicted molar refractivity (Wildman–Crippen MR) is 124 cm³/mol. The summed E-state index contributed by atoms with van der Waals surface area (Å²) < 4.78 is 7.27. The zero-order valence-corrected chi connectivity index (χ0v) is 17.8. The van der Waals surface area contributed by atoms with E-state index >= 15 is 0 Å². The number of ketones is 1. The Balaban J connectivity index is 1.64. The van der Waals surface area contributed by atoms with Gasteiger partial charge in [0, 0.05) is 44.8 Å². The number of aromatic nitrogens is 1. The van der Waals surface area contributed by atoms with Crippen molar-refractivity contribution in [1.29, 1.82) is 0 Å². The molecule has 0 spiro atoms. The van der Waals surface area contributed by atoms with E-state index in [-0.39, 0.29) is 5.78 Å². The molecule has 3 nitrogen and oxygen atoms in total. The van der Waals surface area contributed by atoms with E-state index in [1.54, 1.807) is 43.5 Å². The summed E-state index contributed by atoms with van der Waals surface area (Å²) in [6.07, 6.45) is 5.49. The Bertz CT molecular complexity index is 1240. The lowest BCUT2D eigenvalue weighted by molar-refractivity contribution is 0.104. The van der Waals surface area contributed by atoms with Crippen LogP contribution in [0.3, 0.4) is 0 Å². The number of carbonyl (C=O) groups is 1. The molecular weight excluding hydrogens is 417 g/mol. The molecule has 0 unspecified atom stereocenters. The number of hydrogen-bond donors (Lipinski definition) is 0. The van der Waals surface area contributed by atoms with Gasteiger partial charge in [0.1, 0.15) is 5.75 Å². The van der Waals surface area contributed by atoms with Gasteiger partial charge < -0.3 is 9.30 Å². The summed E-state index contributed by atoms with van der Waals surface area (Å²) >= 11 is 12.4. The molecule has 0 aliphatic rings. The highest BCUT2D eigenvalue weighted by Gasteiger charge is 2.10. The third-order valence-electron chi connectivity index (χ3n) is 4.96. The molecule has 0 saturated heterocycles. The molecule has 0 aliphatic heterocycles. The number of carbonyl (C=O) groups excluding carboxylic acids is 1. The smallest absolute Gasteiger partial charge is 0.185 e. The number of allylic oxidation sites excluding steroid dienone is 1. The number of ether oxygens (including phenoxy) is 1. The molecule has 0 N–H and O–H groups in total. The zero-order valence-electron chi connectivity index (χ0n) is 16.3. The van der Waals surface area contributed by atoms with Crippen LogP contribution in [0.4, 0.5) is 0 Å². The van der Waals surface area contributed by atoms with Gasteiger partial charge in [0.15, 0.2) is 5.78 Å². The molecule has 0 amide bonds. The maximum Gasteiger partial charge on any atom is 0.185 e. The second kappa shape index (κ2) is 8.78. The molecule has 0 aliphatic carbocycles. The van der Waals surface area contributed by atoms with Crippen molar-refractivity contribution in [2.24, 2.45) is 0 Å². The van der Waals surface area contributed by atoms with Crippen molar-refractivity contribution in [2.45, 2.75) is 6.54 Å². The number of fused-ring (bicyclic) bond motifs is 1. The minimum atomic E-state index is -0.0600. The van der Waals surface area contributed by atoms with E-state index in [1.165, 1.54) is 0 Å². The topological polar surface area (TPSA) is 31.2 Å². The Morgan fingerprint density at radius 2 is 1.80 bits per heavy atom. The maximum absolute atomic E-state index is 12.6. The second-order valence-electron chi connectivity index (χ2n) is 6.89. The van der Waals surface area contributed by atoms with Crippen molar-refractivity contribution in [2.75, 3.05) is 7.11 Å². The van der Waals surface area contributed by atoms with Crippen LogP contribution in [0.5, 0.6) is 5.75 Å². The summed E-state index contributed by atoms with van der Waals surface area (Å²) in [5.74, 6) is 0.662. The van der Waals surface area contributed by atoms with Crippen LogP contribution in [0, 0.1) is 0 Å². The highest BCUT2D eigenvalue weighted by Crippen LogP contribution is 2.27. The van der Waals surface area contributed by atoms with E-state index in [0.717, 1.165) is 27.8 Å². The average molecular weight is 436 g/mol. The van der Waals surface area contributed by atoms with Gasteiger partial charge in [-0.25, -0.2) is 0 Å². The van der Waals surface area contributed by atoms with Crippen molar-refractivity contribution in [3.05, 3.63) is 106 Å². The first kappa shape index (κ1) is 20.3. The first-order valence-corrected chi connectivity index (χ1v) is 10.2. The number of halogens is 2. The highest BCUT2D eigenvalue weighted by atomic mass is 35.5. The van der Waals surface area contributed by atoms with Gasteiger partial charge in [-0.2, -0.15) is 0 Å². The fourth-order valence-electron chi connectivity index (χ4n) is 3.39. The molecule has 0 atom stereocenters. The minimum absolute atomic E-state index is 0.0600. The third-order valence-corrected chi connectivity index (χ3v) is 5.55. The normalized spacial score (nSPS) is 11.3. The van der Waals surface area contributed by atoms with Gasteiger partial charge in [-0.1, -0.05) is 47.5 Å². The van der Waals surface area contributed by atoms with Crippen molar-refractivity contribution in [3.8, 4) is 5.75 Å². The molecule has 5 heteroatoms. The van der Waals surface area contributed by atoms with Crippen molar-refractivity contribution >= 4 is 46.0 Å². The number of benzene rings is 3. The summed E-state index contributed by atoms with van der Waals surface area (Å²) in [6.45, 7) is 0.608. The van der Waals surface area contributed by atoms with Crippen molar-refractivity contribution in [3.63, 3.8) is 0 Å². The van der Waals surface area contributed by atoms with Crippen LogP contribution in [-0.4, -0.2) is 17.5 Å². The molecule has 1 aromatic heterocycles. The van der Waals surface area contributed by atoms with Gasteiger partial charge in [-0.05, 0) is 60.2 Å². The molecule has 1 heterocycles. The lowest BCUT2D eigenvalue weighted by atomic mass is 10.1. The molecular formula is C25H19Cl2NO2. The monoisotopic (exact) mass is 435 g/mol. The number of nitrogens with zero attached hydrogens (tertiary/aromatic N) is 1. The van der Waals surface area contributed by atoms with Crippen LogP contribution in [0.2, 0.25) is 10.0 Å².